The standard InChI is InChI=1S/C11H12N4O4/c1-8(10-3-2-4-19-10)13-11(16)7-14-6-9(5-12-14)15(17)18/h2-6,8H,7H2,1H3,(H,13,16). The SMILES string of the molecule is CC(NC(=O)Cn1cc([N+](=O)[O-])cn1)c1ccco1. The molecule has 2 heterocycles. The average molecular weight is 264 g/mol. The van der Waals surface area contributed by atoms with Crippen LogP contribution < -0.4 is 5.32 Å². The van der Waals surface area contributed by atoms with Gasteiger partial charge in [-0.05, 0) is 19.1 Å². The number of carbonyl (C=O) groups is 1. The van der Waals surface area contributed by atoms with Crippen LogP contribution >= 0.6 is 0 Å². The second kappa shape index (κ2) is 5.34. The van der Waals surface area contributed by atoms with E-state index in [0.29, 0.717) is 5.76 Å². The molecule has 1 atom stereocenters. The number of nitro groups is 1. The molecule has 2 aromatic rings. The first kappa shape index (κ1) is 12.8. The summed E-state index contributed by atoms with van der Waals surface area (Å²) in [6.45, 7) is 1.70. The van der Waals surface area contributed by atoms with Crippen molar-refractivity contribution in [3.8, 4) is 0 Å². The molecule has 0 bridgehead atoms. The van der Waals surface area contributed by atoms with Crippen LogP contribution in [0.2, 0.25) is 0 Å². The zero-order valence-corrected chi connectivity index (χ0v) is 10.1. The molecule has 0 aliphatic rings. The Morgan fingerprint density at radius 2 is 2.47 bits per heavy atom. The summed E-state index contributed by atoms with van der Waals surface area (Å²) in [5.41, 5.74) is -0.146. The van der Waals surface area contributed by atoms with Crippen molar-refractivity contribution < 1.29 is 14.1 Å². The lowest BCUT2D eigenvalue weighted by Gasteiger charge is -2.11. The van der Waals surface area contributed by atoms with Crippen molar-refractivity contribution in [3.05, 3.63) is 46.7 Å². The van der Waals surface area contributed by atoms with E-state index in [2.05, 4.69) is 10.4 Å². The van der Waals surface area contributed by atoms with Gasteiger partial charge in [0.2, 0.25) is 5.91 Å². The fourth-order valence-corrected chi connectivity index (χ4v) is 1.58. The molecular weight excluding hydrogens is 252 g/mol. The predicted molar refractivity (Wildman–Crippen MR) is 64.1 cm³/mol. The molecule has 0 spiro atoms. The van der Waals surface area contributed by atoms with Crippen molar-refractivity contribution in [1.29, 1.82) is 0 Å². The maximum atomic E-state index is 11.7. The smallest absolute Gasteiger partial charge is 0.307 e. The minimum absolute atomic E-state index is 0.0844. The van der Waals surface area contributed by atoms with E-state index in [4.69, 9.17) is 4.42 Å². The number of amides is 1. The zero-order valence-electron chi connectivity index (χ0n) is 10.1. The van der Waals surface area contributed by atoms with E-state index >= 15 is 0 Å². The molecule has 8 nitrogen and oxygen atoms in total. The predicted octanol–water partition coefficient (Wildman–Crippen LogP) is 1.26. The van der Waals surface area contributed by atoms with Crippen molar-refractivity contribution in [3.63, 3.8) is 0 Å². The number of carbonyl (C=O) groups excluding carboxylic acids is 1. The third-order valence-electron chi connectivity index (χ3n) is 2.48. The molecule has 0 aliphatic heterocycles. The number of rotatable bonds is 5. The van der Waals surface area contributed by atoms with E-state index in [-0.39, 0.29) is 24.2 Å². The number of aromatic nitrogens is 2. The lowest BCUT2D eigenvalue weighted by atomic mass is 10.2. The molecule has 0 aromatic carbocycles. The molecule has 100 valence electrons. The van der Waals surface area contributed by atoms with Gasteiger partial charge < -0.3 is 9.73 Å². The van der Waals surface area contributed by atoms with Gasteiger partial charge in [0.1, 0.15) is 24.7 Å². The summed E-state index contributed by atoms with van der Waals surface area (Å²) in [5, 5.41) is 16.9. The Morgan fingerprint density at radius 3 is 3.05 bits per heavy atom. The molecule has 0 saturated carbocycles. The summed E-state index contributed by atoms with van der Waals surface area (Å²) in [4.78, 5) is 21.6. The molecule has 2 rings (SSSR count). The Bertz CT molecular complexity index is 575. The average Bonchev–Trinajstić information content (AvgIpc) is 2.98. The lowest BCUT2D eigenvalue weighted by Crippen LogP contribution is -2.30. The molecular formula is C11H12N4O4. The quantitative estimate of drug-likeness (QED) is 0.646. The summed E-state index contributed by atoms with van der Waals surface area (Å²) >= 11 is 0. The molecule has 0 aliphatic carbocycles. The fourth-order valence-electron chi connectivity index (χ4n) is 1.58. The Kier molecular flexibility index (Phi) is 3.60. The van der Waals surface area contributed by atoms with Gasteiger partial charge in [-0.2, -0.15) is 5.10 Å². The van der Waals surface area contributed by atoms with Gasteiger partial charge in [0.25, 0.3) is 0 Å². The van der Waals surface area contributed by atoms with Crippen LogP contribution in [0.15, 0.2) is 35.2 Å². The highest BCUT2D eigenvalue weighted by molar-refractivity contribution is 5.76. The van der Waals surface area contributed by atoms with E-state index in [1.165, 1.54) is 17.1 Å². The normalized spacial score (nSPS) is 12.1. The third kappa shape index (κ3) is 3.18. The number of nitrogens with zero attached hydrogens (tertiary/aromatic N) is 3. The van der Waals surface area contributed by atoms with Crippen LogP contribution in [0.5, 0.6) is 0 Å². The van der Waals surface area contributed by atoms with Crippen molar-refractivity contribution in [2.24, 2.45) is 0 Å². The van der Waals surface area contributed by atoms with E-state index < -0.39 is 4.92 Å². The summed E-state index contributed by atoms with van der Waals surface area (Å²) < 4.78 is 6.37. The Morgan fingerprint density at radius 1 is 1.68 bits per heavy atom. The van der Waals surface area contributed by atoms with E-state index in [1.54, 1.807) is 19.1 Å². The van der Waals surface area contributed by atoms with Crippen LogP contribution in [-0.2, 0) is 11.3 Å². The second-order valence-corrected chi connectivity index (χ2v) is 3.96. The van der Waals surface area contributed by atoms with Crippen LogP contribution in [0.25, 0.3) is 0 Å². The van der Waals surface area contributed by atoms with Gasteiger partial charge in [0.05, 0.1) is 17.2 Å². The summed E-state index contributed by atoms with van der Waals surface area (Å²) in [5.74, 6) is 0.335. The highest BCUT2D eigenvalue weighted by atomic mass is 16.6. The van der Waals surface area contributed by atoms with Crippen molar-refractivity contribution in [2.75, 3.05) is 0 Å². The zero-order chi connectivity index (χ0) is 13.8. The molecule has 1 unspecified atom stereocenters. The Balaban J connectivity index is 1.92. The molecule has 8 heteroatoms. The summed E-state index contributed by atoms with van der Waals surface area (Å²) in [6, 6.07) is 3.21. The Hall–Kier alpha value is -2.64. The van der Waals surface area contributed by atoms with Gasteiger partial charge in [0.15, 0.2) is 0 Å². The topological polar surface area (TPSA) is 103 Å². The number of hydrogen-bond donors (Lipinski definition) is 1. The van der Waals surface area contributed by atoms with Crippen LogP contribution in [0.1, 0.15) is 18.7 Å². The summed E-state index contributed by atoms with van der Waals surface area (Å²) in [6.07, 6.45) is 3.83. The van der Waals surface area contributed by atoms with Crippen LogP contribution in [0.4, 0.5) is 5.69 Å². The third-order valence-corrected chi connectivity index (χ3v) is 2.48. The van der Waals surface area contributed by atoms with Crippen LogP contribution in [0.3, 0.4) is 0 Å². The van der Waals surface area contributed by atoms with Crippen LogP contribution in [0, 0.1) is 10.1 Å². The minimum atomic E-state index is -0.563. The molecule has 1 N–H and O–H groups in total. The molecule has 0 radical (unpaired) electrons. The first-order valence-corrected chi connectivity index (χ1v) is 5.56. The Labute approximate surface area is 108 Å². The van der Waals surface area contributed by atoms with E-state index in [9.17, 15) is 14.9 Å². The molecule has 0 fully saturated rings. The molecule has 2 aromatic heterocycles. The van der Waals surface area contributed by atoms with Crippen LogP contribution in [-0.4, -0.2) is 20.6 Å². The molecule has 0 saturated heterocycles. The van der Waals surface area contributed by atoms with Crippen molar-refractivity contribution in [2.45, 2.75) is 19.5 Å². The maximum Gasteiger partial charge on any atom is 0.307 e. The summed E-state index contributed by atoms with van der Waals surface area (Å²) in [7, 11) is 0. The largest absolute Gasteiger partial charge is 0.467 e. The lowest BCUT2D eigenvalue weighted by molar-refractivity contribution is -0.385. The second-order valence-electron chi connectivity index (χ2n) is 3.96. The van der Waals surface area contributed by atoms with Gasteiger partial charge in [-0.15, -0.1) is 0 Å². The number of nitrogens with one attached hydrogen (secondary N) is 1. The number of hydrogen-bond acceptors (Lipinski definition) is 5. The highest BCUT2D eigenvalue weighted by Crippen LogP contribution is 2.12. The maximum absolute atomic E-state index is 11.7. The first-order chi connectivity index (χ1) is 9.06. The van der Waals surface area contributed by atoms with Crippen molar-refractivity contribution >= 4 is 11.6 Å². The van der Waals surface area contributed by atoms with E-state index in [1.807, 2.05) is 0 Å². The number of furan rings is 1. The fraction of sp³-hybridized carbons (Fsp3) is 0.273. The van der Waals surface area contributed by atoms with E-state index in [0.717, 1.165) is 6.20 Å². The first-order valence-electron chi connectivity index (χ1n) is 5.56. The molecule has 19 heavy (non-hydrogen) atoms. The van der Waals surface area contributed by atoms with Gasteiger partial charge in [-0.3, -0.25) is 19.6 Å². The van der Waals surface area contributed by atoms with Gasteiger partial charge in [-0.1, -0.05) is 0 Å². The van der Waals surface area contributed by atoms with Gasteiger partial charge in [-0.25, -0.2) is 0 Å². The highest BCUT2D eigenvalue weighted by Gasteiger charge is 2.14. The monoisotopic (exact) mass is 264 g/mol. The van der Waals surface area contributed by atoms with Gasteiger partial charge >= 0.3 is 5.69 Å². The molecule has 1 amide bonds. The van der Waals surface area contributed by atoms with Gasteiger partial charge in [0, 0.05) is 0 Å². The minimum Gasteiger partial charge on any atom is -0.467 e. The van der Waals surface area contributed by atoms with Crippen molar-refractivity contribution in [1.82, 2.24) is 15.1 Å².